The predicted molar refractivity (Wildman–Crippen MR) is 538 cm³/mol. The van der Waals surface area contributed by atoms with E-state index in [0.717, 1.165) is 6.42 Å². The number of carbonyl (C=O) groups excluding carboxylic acids is 10. The smallest absolute Gasteiger partial charge is 0.410 e. The molecule has 0 radical (unpaired) electrons. The summed E-state index contributed by atoms with van der Waals surface area (Å²) < 4.78 is 160. The lowest BCUT2D eigenvalue weighted by molar-refractivity contribution is -0.127. The first-order valence-corrected chi connectivity index (χ1v) is 49.3. The Balaban J connectivity index is 0.000000356. The van der Waals surface area contributed by atoms with Gasteiger partial charge in [-0.15, -0.1) is 11.6 Å². The fourth-order valence-corrected chi connectivity index (χ4v) is 14.4. The van der Waals surface area contributed by atoms with E-state index in [9.17, 15) is 83.1 Å². The number of nitrogen functional groups attached to an aromatic ring is 2. The fourth-order valence-electron chi connectivity index (χ4n) is 13.9. The van der Waals surface area contributed by atoms with Crippen LogP contribution >= 0.6 is 34.8 Å². The van der Waals surface area contributed by atoms with Crippen LogP contribution in [0.2, 0.25) is 10.0 Å². The number of piperidine rings is 7. The summed E-state index contributed by atoms with van der Waals surface area (Å²) in [5, 5.41) is 18.3. The van der Waals surface area contributed by atoms with E-state index in [0.29, 0.717) is 121 Å². The molecule has 7 aliphatic heterocycles. The van der Waals surface area contributed by atoms with Crippen LogP contribution in [0.5, 0.6) is 23.0 Å². The molecule has 822 valence electrons. The van der Waals surface area contributed by atoms with Crippen LogP contribution in [-0.4, -0.2) is 332 Å². The number of Topliss-reactive ketones (excluding diaryl/α,β-unsaturated/α-hetero) is 2. The van der Waals surface area contributed by atoms with Gasteiger partial charge in [0, 0.05) is 114 Å². The van der Waals surface area contributed by atoms with Crippen LogP contribution in [0, 0.1) is 11.6 Å². The molecule has 3 unspecified atom stereocenters. The number of anilines is 2. The van der Waals surface area contributed by atoms with Crippen LogP contribution < -0.4 is 46.8 Å². The number of ether oxygens (including phenoxy) is 10. The lowest BCUT2D eigenvalue weighted by atomic mass is 10.0. The lowest BCUT2D eigenvalue weighted by Crippen LogP contribution is -2.54. The van der Waals surface area contributed by atoms with Crippen molar-refractivity contribution in [1.29, 1.82) is 0 Å². The van der Waals surface area contributed by atoms with Crippen molar-refractivity contribution in [3.05, 3.63) is 116 Å². The first kappa shape index (κ1) is 127. The normalized spacial score (nSPS) is 21.3. The van der Waals surface area contributed by atoms with E-state index in [1.807, 2.05) is 25.7 Å². The van der Waals surface area contributed by atoms with Crippen molar-refractivity contribution in [3.8, 4) is 23.0 Å². The maximum Gasteiger partial charge on any atom is 0.410 e. The summed E-state index contributed by atoms with van der Waals surface area (Å²) in [5.74, 6) is 0.657. The van der Waals surface area contributed by atoms with Gasteiger partial charge in [-0.25, -0.2) is 63.9 Å². The number of methoxy groups -OCH3 is 2. The number of likely N-dealkylation sites (tertiary alicyclic amines) is 7. The summed E-state index contributed by atoms with van der Waals surface area (Å²) in [5.41, 5.74) is 22.8. The second kappa shape index (κ2) is 59.9. The number of hydrogen-bond donors (Lipinski definition) is 6. The quantitative estimate of drug-likeness (QED) is 0.00886. The first-order chi connectivity index (χ1) is 67.8. The van der Waals surface area contributed by atoms with Crippen molar-refractivity contribution in [3.63, 3.8) is 0 Å². The number of benzene rings is 4. The highest BCUT2D eigenvalue weighted by atomic mass is 35.5. The molecule has 36 nitrogen and oxygen atoms in total. The Morgan fingerprint density at radius 1 is 0.452 bits per heavy atom. The number of alkyl halides is 7. The van der Waals surface area contributed by atoms with E-state index in [1.165, 1.54) is 87.3 Å². The van der Waals surface area contributed by atoms with E-state index < -0.39 is 149 Å². The number of carbonyl (C=O) groups is 10. The maximum absolute atomic E-state index is 14.7. The Hall–Kier alpha value is -10.9. The highest BCUT2D eigenvalue weighted by Crippen LogP contribution is 2.33. The number of nitrogens with two attached hydrogens (primary N) is 3. The fraction of sp³-hybridized carbons (Fsp3) is 0.657. The third-order valence-corrected chi connectivity index (χ3v) is 22.3. The molecule has 0 spiro atoms. The van der Waals surface area contributed by atoms with Gasteiger partial charge >= 0.3 is 36.6 Å². The van der Waals surface area contributed by atoms with Crippen molar-refractivity contribution in [2.75, 3.05) is 143 Å². The number of nitrogens with one attached hydrogen (secondary N) is 2. The lowest BCUT2D eigenvalue weighted by Gasteiger charge is -2.35. The number of aliphatic hydroxyl groups excluding tert-OH is 1. The standard InChI is InChI=1S/C22H26ClF2N3O3.C18H25ClFN3O4.C10H17FN4O2.C10H19FN2O2.C10H18FNO3.C10H16FNO3.C10H17NO3.C9H10ClFO/c1-30-21-12-19(26)17(23)11-16(21)22(29)27-20-7-9-28(13-18(20)25)8-2-10-31-15-5-3-14(24)4-6-15;1-18(2,3)27-17(25)23-6-5-14(12(20)9-23)22-16(24)10-7-11(19)13(21)8-15(10)26-4;1-10(2,3)17-9(16)15-5-4-8(13-14-12)7(11)6-15;1-10(2,3)15-9(14)13-5-4-8(12)7(11)6-13;2*1-10(2,3)15-9(14)12-5-4-8(13)7(11)6-12;1-10(2,3)14-9(13)11-6-4-8(12)5-7-11;10-6-1-7-12-9-4-2-8(11)3-5-9/h3-6,11-12,18,20H,2,7-10,13,26H2,1H3,(H,27,29);7-8,12,14H,5-6,9,21H2,1-4H3,(H,22,24);7-8H,4-6H2,1-3H3;7-8H,4-6,12H2,1-3H3;7-8,13H,4-6H2,1-3H3;7H,4-6H2,1-3H3;4-7H2,1-3H3;2-5H,1,6-7H2/t18-,20?;12-,14?;2*7-,8-;7-,8+;;;/m11111.../s1. The molecule has 11 atom stereocenters. The molecule has 8 amide bonds. The molecule has 11 rings (SSSR count). The summed E-state index contributed by atoms with van der Waals surface area (Å²) in [6.07, 6.45) is -7.62. The predicted octanol–water partition coefficient (Wildman–Crippen LogP) is 17.9. The zero-order chi connectivity index (χ0) is 110. The van der Waals surface area contributed by atoms with Crippen molar-refractivity contribution in [2.45, 2.75) is 290 Å². The molecule has 47 heteroatoms. The molecule has 146 heavy (non-hydrogen) atoms. The number of amides is 8. The number of hydrogen-bond acceptors (Lipinski definition) is 26. The van der Waals surface area contributed by atoms with Gasteiger partial charge < -0.3 is 115 Å². The Morgan fingerprint density at radius 2 is 0.795 bits per heavy atom. The second-order valence-corrected chi connectivity index (χ2v) is 42.2. The Bertz CT molecular complexity index is 4820. The van der Waals surface area contributed by atoms with Crippen molar-refractivity contribution >= 4 is 106 Å². The highest BCUT2D eigenvalue weighted by molar-refractivity contribution is 6.34. The van der Waals surface area contributed by atoms with Crippen LogP contribution in [0.15, 0.2) is 77.9 Å². The number of ketones is 2. The molecular weight excluding hydrogens is 1990 g/mol. The van der Waals surface area contributed by atoms with Crippen LogP contribution in [0.1, 0.15) is 210 Å². The summed E-state index contributed by atoms with van der Waals surface area (Å²) in [6.45, 7) is 36.6. The third-order valence-electron chi connectivity index (χ3n) is 21.4. The molecule has 0 aliphatic carbocycles. The summed E-state index contributed by atoms with van der Waals surface area (Å²) >= 11 is 17.4. The average molecular weight is 2140 g/mol. The zero-order valence-electron chi connectivity index (χ0n) is 87.1. The maximum atomic E-state index is 14.7. The number of rotatable bonds is 16. The molecule has 0 bridgehead atoms. The molecule has 7 fully saturated rings. The molecule has 9 N–H and O–H groups in total. The molecule has 7 aliphatic rings. The number of nitrogens with zero attached hydrogens (tertiary/aromatic N) is 10. The first-order valence-electron chi connectivity index (χ1n) is 48.0. The third kappa shape index (κ3) is 48.8. The average Bonchev–Trinajstić information content (AvgIpc) is 0.814. The monoisotopic (exact) mass is 2140 g/mol. The van der Waals surface area contributed by atoms with Crippen molar-refractivity contribution < 1.29 is 136 Å². The van der Waals surface area contributed by atoms with Crippen LogP contribution in [0.25, 0.3) is 10.4 Å². The Labute approximate surface area is 864 Å². The van der Waals surface area contributed by atoms with Gasteiger partial charge in [-0.2, -0.15) is 0 Å². The molecule has 0 aromatic heterocycles. The van der Waals surface area contributed by atoms with Crippen LogP contribution in [0.3, 0.4) is 0 Å². The zero-order valence-corrected chi connectivity index (χ0v) is 89.3. The molecule has 0 saturated carbocycles. The second-order valence-electron chi connectivity index (χ2n) is 41.0. The molecular formula is C99H148Cl3F8N15O21. The molecule has 7 heterocycles. The van der Waals surface area contributed by atoms with E-state index in [1.54, 1.807) is 133 Å². The van der Waals surface area contributed by atoms with Crippen molar-refractivity contribution in [2.24, 2.45) is 10.8 Å². The van der Waals surface area contributed by atoms with E-state index >= 15 is 0 Å². The van der Waals surface area contributed by atoms with Gasteiger partial charge in [0.2, 0.25) is 0 Å². The van der Waals surface area contributed by atoms with Gasteiger partial charge in [-0.3, -0.25) is 19.2 Å². The van der Waals surface area contributed by atoms with Gasteiger partial charge in [-0.1, -0.05) is 28.3 Å². The van der Waals surface area contributed by atoms with Gasteiger partial charge in [0.15, 0.2) is 12.0 Å². The van der Waals surface area contributed by atoms with Gasteiger partial charge in [0.05, 0.1) is 117 Å². The number of azide groups is 1. The number of halogens is 11. The SMILES string of the molecule is CC(C)(C)OC(=O)N1CCC(=O)C(F)C1.CC(C)(C)OC(=O)N1CCC(=O)CC1.CC(C)(C)OC(=O)N1CC[C@@H](N)[C@H](F)C1.CC(C)(C)OC(=O)N1CC[C@@H](N=[N+]=[N-])[C@H](F)C1.CC(C)(C)OC(=O)N1CC[C@H](O)[C@H](F)C1.COc1cc(N)c(Cl)cc1C(=O)NC1CCN(C(=O)OC(C)(C)C)C[C@H]1F.COc1cc(N)c(Cl)cc1C(=O)NC1CCN(CCCOc2ccc(F)cc2)C[C@H]1F.Fc1ccc(OCCCCl)cc1. The minimum Gasteiger partial charge on any atom is -0.496 e. The van der Waals surface area contributed by atoms with Gasteiger partial charge in [0.1, 0.15) is 105 Å². The molecule has 4 aromatic rings. The Morgan fingerprint density at radius 3 is 1.15 bits per heavy atom. The van der Waals surface area contributed by atoms with E-state index in [4.69, 9.17) is 110 Å². The topological polar surface area (TPSA) is 457 Å². The highest BCUT2D eigenvalue weighted by Gasteiger charge is 2.40. The largest absolute Gasteiger partial charge is 0.496 e. The minimum atomic E-state index is -1.56. The van der Waals surface area contributed by atoms with Crippen LogP contribution in [0.4, 0.5) is 75.3 Å². The summed E-state index contributed by atoms with van der Waals surface area (Å²) in [4.78, 5) is 130. The van der Waals surface area contributed by atoms with Gasteiger partial charge in [-0.05, 0) is 236 Å². The van der Waals surface area contributed by atoms with E-state index in [2.05, 4.69) is 20.7 Å². The summed E-state index contributed by atoms with van der Waals surface area (Å²) in [7, 11) is 2.83. The number of aliphatic hydroxyl groups is 1. The molecule has 4 aromatic carbocycles. The summed E-state index contributed by atoms with van der Waals surface area (Å²) in [6, 6.07) is 15.0. The van der Waals surface area contributed by atoms with E-state index in [-0.39, 0.29) is 133 Å². The molecule has 7 saturated heterocycles. The van der Waals surface area contributed by atoms with Crippen LogP contribution in [-0.2, 0) is 38.0 Å². The minimum absolute atomic E-state index is 0.0378. The Kier molecular flexibility index (Phi) is 52.3. The van der Waals surface area contributed by atoms with Crippen molar-refractivity contribution in [1.82, 2.24) is 44.9 Å². The van der Waals surface area contributed by atoms with Gasteiger partial charge in [0.25, 0.3) is 11.8 Å².